The molecule has 17 heteroatoms. The Bertz CT molecular complexity index is 1940. The zero-order valence-corrected chi connectivity index (χ0v) is 31.6. The Hall–Kier alpha value is -4.95. The molecule has 0 aliphatic carbocycles. The zero-order valence-electron chi connectivity index (χ0n) is 31.6. The van der Waals surface area contributed by atoms with E-state index in [1.165, 1.54) is 19.2 Å². The maximum atomic E-state index is 14.1. The van der Waals surface area contributed by atoms with Crippen molar-refractivity contribution in [3.63, 3.8) is 0 Å². The van der Waals surface area contributed by atoms with Gasteiger partial charge in [-0.2, -0.15) is 13.2 Å². The summed E-state index contributed by atoms with van der Waals surface area (Å²) in [6.07, 6.45) is -19.7. The fourth-order valence-electron chi connectivity index (χ4n) is 6.88. The summed E-state index contributed by atoms with van der Waals surface area (Å²) in [5, 5.41) is 44.4. The summed E-state index contributed by atoms with van der Waals surface area (Å²) >= 11 is 0. The van der Waals surface area contributed by atoms with E-state index in [4.69, 9.17) is 33.2 Å². The van der Waals surface area contributed by atoms with Crippen LogP contribution in [0.25, 0.3) is 0 Å². The molecular weight excluding hydrogens is 783 g/mol. The highest BCUT2D eigenvalue weighted by molar-refractivity contribution is 5.89. The normalized spacial score (nSPS) is 28.4. The first-order chi connectivity index (χ1) is 28.4. The molecular formula is C42H44F3NO13. The van der Waals surface area contributed by atoms with Crippen molar-refractivity contribution in [2.45, 2.75) is 80.2 Å². The Morgan fingerprint density at radius 2 is 1.34 bits per heavy atom. The van der Waals surface area contributed by atoms with Crippen molar-refractivity contribution in [2.75, 3.05) is 20.3 Å². The number of amides is 1. The van der Waals surface area contributed by atoms with Crippen molar-refractivity contribution >= 4 is 11.9 Å². The van der Waals surface area contributed by atoms with Gasteiger partial charge in [-0.25, -0.2) is 4.79 Å². The Kier molecular flexibility index (Phi) is 14.4. The molecule has 2 fully saturated rings. The summed E-state index contributed by atoms with van der Waals surface area (Å²) in [6.45, 7) is -2.15. The molecule has 4 aromatic rings. The molecule has 2 saturated heterocycles. The van der Waals surface area contributed by atoms with Crippen LogP contribution >= 0.6 is 0 Å². The molecule has 2 heterocycles. The van der Waals surface area contributed by atoms with Gasteiger partial charge in [0.15, 0.2) is 12.4 Å². The van der Waals surface area contributed by atoms with Crippen molar-refractivity contribution in [1.82, 2.24) is 5.32 Å². The van der Waals surface area contributed by atoms with E-state index in [0.717, 1.165) is 0 Å². The summed E-state index contributed by atoms with van der Waals surface area (Å²) in [5.74, 6) is -5.07. The molecule has 0 unspecified atom stereocenters. The number of methoxy groups -OCH3 is 1. The van der Waals surface area contributed by atoms with Crippen LogP contribution in [0.5, 0.6) is 5.75 Å². The number of aliphatic hydroxyl groups excluding tert-OH is 4. The van der Waals surface area contributed by atoms with Gasteiger partial charge >= 0.3 is 18.1 Å². The highest BCUT2D eigenvalue weighted by atomic mass is 19.4. The highest BCUT2D eigenvalue weighted by Gasteiger charge is 2.62. The van der Waals surface area contributed by atoms with Crippen molar-refractivity contribution < 1.29 is 76.3 Å². The molecule has 0 radical (unpaired) electrons. The first-order valence-electron chi connectivity index (χ1n) is 18.6. The van der Waals surface area contributed by atoms with E-state index >= 15 is 0 Å². The number of nitrogens with one attached hydrogen (secondary N) is 1. The number of carbonyl (C=O) groups excluding carboxylic acids is 2. The lowest BCUT2D eigenvalue weighted by Crippen LogP contribution is -2.70. The summed E-state index contributed by atoms with van der Waals surface area (Å²) < 4.78 is 84.4. The predicted molar refractivity (Wildman–Crippen MR) is 199 cm³/mol. The molecule has 6 rings (SSSR count). The molecule has 316 valence electrons. The number of esters is 1. The molecule has 5 N–H and O–H groups in total. The van der Waals surface area contributed by atoms with Gasteiger partial charge in [0.1, 0.15) is 48.4 Å². The van der Waals surface area contributed by atoms with Gasteiger partial charge in [0.05, 0.1) is 39.1 Å². The lowest BCUT2D eigenvalue weighted by molar-refractivity contribution is -0.399. The second-order valence-electron chi connectivity index (χ2n) is 13.8. The molecule has 2 aliphatic heterocycles. The molecule has 0 saturated carbocycles. The number of benzene rings is 4. The molecule has 4 aromatic carbocycles. The second-order valence-corrected chi connectivity index (χ2v) is 13.8. The van der Waals surface area contributed by atoms with Gasteiger partial charge in [0.2, 0.25) is 5.79 Å². The molecule has 14 nitrogen and oxygen atoms in total. The summed E-state index contributed by atoms with van der Waals surface area (Å²) in [7, 11) is 1.46. The van der Waals surface area contributed by atoms with Crippen LogP contribution in [0.15, 0.2) is 115 Å². The van der Waals surface area contributed by atoms with Crippen LogP contribution in [0.3, 0.4) is 0 Å². The van der Waals surface area contributed by atoms with E-state index in [0.29, 0.717) is 16.9 Å². The number of carbonyl (C=O) groups is 2. The Labute approximate surface area is 337 Å². The predicted octanol–water partition coefficient (Wildman–Crippen LogP) is 3.14. The topological polar surface area (TPSA) is 192 Å². The Balaban J connectivity index is 1.51. The number of hydrogen-bond donors (Lipinski definition) is 5. The smallest absolute Gasteiger partial charge is 0.471 e. The van der Waals surface area contributed by atoms with Crippen molar-refractivity contribution in [3.05, 3.63) is 138 Å². The molecule has 0 bridgehead atoms. The lowest BCUT2D eigenvalue weighted by Gasteiger charge is -2.53. The average molecular weight is 828 g/mol. The van der Waals surface area contributed by atoms with E-state index in [1.807, 2.05) is 0 Å². The molecule has 1 amide bonds. The van der Waals surface area contributed by atoms with E-state index in [9.17, 15) is 43.2 Å². The van der Waals surface area contributed by atoms with Gasteiger partial charge in [-0.3, -0.25) is 4.79 Å². The minimum absolute atomic E-state index is 0.108. The van der Waals surface area contributed by atoms with Crippen LogP contribution in [0.4, 0.5) is 13.2 Å². The van der Waals surface area contributed by atoms with Gasteiger partial charge in [-0.15, -0.1) is 0 Å². The van der Waals surface area contributed by atoms with Crippen LogP contribution in [-0.4, -0.2) is 114 Å². The largest absolute Gasteiger partial charge is 0.497 e. The van der Waals surface area contributed by atoms with E-state index in [1.54, 1.807) is 108 Å². The third kappa shape index (κ3) is 10.1. The number of halogens is 3. The quantitative estimate of drug-likeness (QED) is 0.110. The fourth-order valence-corrected chi connectivity index (χ4v) is 6.88. The first-order valence-corrected chi connectivity index (χ1v) is 18.6. The van der Waals surface area contributed by atoms with Crippen molar-refractivity contribution in [2.24, 2.45) is 0 Å². The molecule has 0 spiro atoms. The monoisotopic (exact) mass is 827 g/mol. The fraction of sp³-hybridized carbons (Fsp3) is 0.381. The van der Waals surface area contributed by atoms with Gasteiger partial charge in [0, 0.05) is 5.56 Å². The van der Waals surface area contributed by atoms with Crippen molar-refractivity contribution in [3.8, 4) is 5.75 Å². The zero-order chi connectivity index (χ0) is 42.2. The van der Waals surface area contributed by atoms with Crippen molar-refractivity contribution in [1.29, 1.82) is 0 Å². The maximum absolute atomic E-state index is 14.1. The lowest BCUT2D eigenvalue weighted by atomic mass is 9.86. The minimum Gasteiger partial charge on any atom is -0.497 e. The van der Waals surface area contributed by atoms with Crippen LogP contribution in [-0.2, 0) is 52.2 Å². The van der Waals surface area contributed by atoms with Crippen LogP contribution < -0.4 is 10.1 Å². The number of ether oxygens (including phenoxy) is 7. The standard InChI is InChI=1S/C42H44F3NO13/c1-53-29-19-17-28(18-20-29)41(55-24-26-13-7-3-8-14-26)37(58-38(51)27-15-9-4-10-16-27)36(54-23-25-11-5-2-6-12-25)35(31(22-48)59-41)57-39-32(46-40(52)42(43,44)45)34(50)33(49)30(21-47)56-39/h2-20,30-37,39,47-50H,21-24H2,1H3,(H,46,52)/t30-,31-,32-,33+,34-,35-,36+,37-,39+,41-/m1/s1. The second kappa shape index (κ2) is 19.4. The first kappa shape index (κ1) is 43.6. The van der Waals surface area contributed by atoms with Gasteiger partial charge in [0.25, 0.3) is 0 Å². The number of rotatable bonds is 15. The molecule has 2 aliphatic rings. The Morgan fingerprint density at radius 3 is 1.90 bits per heavy atom. The molecule has 0 aromatic heterocycles. The summed E-state index contributed by atoms with van der Waals surface area (Å²) in [5.41, 5.74) is 1.65. The van der Waals surface area contributed by atoms with Gasteiger partial charge < -0.3 is 58.9 Å². The highest BCUT2D eigenvalue weighted by Crippen LogP contribution is 2.45. The van der Waals surface area contributed by atoms with Gasteiger partial charge in [-0.1, -0.05) is 78.9 Å². The SMILES string of the molecule is COc1ccc([C@@]2(OCc3ccccc3)O[C@H](CO)[C@@H](O[C@@H]3O[C@H](CO)[C@H](O)[C@H](O)[C@H]3NC(=O)C(F)(F)F)[C@H](OCc3ccccc3)[C@H]2OC(=O)c2ccccc2)cc1. The third-order valence-electron chi connectivity index (χ3n) is 9.91. The van der Waals surface area contributed by atoms with Crippen LogP contribution in [0.2, 0.25) is 0 Å². The van der Waals surface area contributed by atoms with Crippen LogP contribution in [0.1, 0.15) is 27.0 Å². The van der Waals surface area contributed by atoms with E-state index in [2.05, 4.69) is 0 Å². The summed E-state index contributed by atoms with van der Waals surface area (Å²) in [4.78, 5) is 26.4. The van der Waals surface area contributed by atoms with E-state index < -0.39 is 92.1 Å². The number of aliphatic hydroxyl groups is 4. The van der Waals surface area contributed by atoms with Gasteiger partial charge in [-0.05, 0) is 47.5 Å². The minimum atomic E-state index is -5.43. The molecule has 59 heavy (non-hydrogen) atoms. The molecule has 10 atom stereocenters. The average Bonchev–Trinajstić information content (AvgIpc) is 3.26. The maximum Gasteiger partial charge on any atom is 0.471 e. The third-order valence-corrected chi connectivity index (χ3v) is 9.91. The number of alkyl halides is 3. The van der Waals surface area contributed by atoms with Crippen LogP contribution in [0, 0.1) is 0 Å². The number of hydrogen-bond acceptors (Lipinski definition) is 13. The van der Waals surface area contributed by atoms with E-state index in [-0.39, 0.29) is 24.3 Å². The summed E-state index contributed by atoms with van der Waals surface area (Å²) in [6, 6.07) is 29.9. The Morgan fingerprint density at radius 1 is 0.763 bits per heavy atom.